The Labute approximate surface area is 87.4 Å². The van der Waals surface area contributed by atoms with Gasteiger partial charge in [0.1, 0.15) is 0 Å². The molecule has 0 aliphatic heterocycles. The summed E-state index contributed by atoms with van der Waals surface area (Å²) in [6, 6.07) is 4.95. The third-order valence-corrected chi connectivity index (χ3v) is 2.32. The smallest absolute Gasteiger partial charge is 0.264 e. The number of aryl methyl sites for hydroxylation is 1. The van der Waals surface area contributed by atoms with Crippen molar-refractivity contribution in [2.75, 3.05) is 0 Å². The topological polar surface area (TPSA) is 63.6 Å². The fourth-order valence-electron chi connectivity index (χ4n) is 0.959. The van der Waals surface area contributed by atoms with E-state index in [0.29, 0.717) is 10.6 Å². The molecule has 0 spiro atoms. The molecular formula is C8H9ClO4S. The van der Waals surface area contributed by atoms with Crippen LogP contribution in [0.15, 0.2) is 18.2 Å². The maximum Gasteiger partial charge on any atom is 0.397 e. The van der Waals surface area contributed by atoms with Gasteiger partial charge in [0.05, 0.1) is 6.61 Å². The molecule has 0 aromatic heterocycles. The molecule has 0 aliphatic carbocycles. The monoisotopic (exact) mass is 236 g/mol. The van der Waals surface area contributed by atoms with Crippen LogP contribution >= 0.6 is 11.6 Å². The third kappa shape index (κ3) is 3.63. The maximum atomic E-state index is 10.3. The Kier molecular flexibility index (Phi) is 3.49. The molecule has 1 N–H and O–H groups in total. The van der Waals surface area contributed by atoms with Crippen molar-refractivity contribution in [1.82, 2.24) is 0 Å². The lowest BCUT2D eigenvalue weighted by Crippen LogP contribution is -2.04. The van der Waals surface area contributed by atoms with Gasteiger partial charge >= 0.3 is 10.4 Å². The van der Waals surface area contributed by atoms with E-state index in [1.54, 1.807) is 25.1 Å². The van der Waals surface area contributed by atoms with E-state index in [2.05, 4.69) is 4.18 Å². The SMILES string of the molecule is Cc1cc(Cl)ccc1COS(=O)(=O)O. The number of benzene rings is 1. The van der Waals surface area contributed by atoms with E-state index >= 15 is 0 Å². The summed E-state index contributed by atoms with van der Waals surface area (Å²) in [4.78, 5) is 0. The van der Waals surface area contributed by atoms with Crippen molar-refractivity contribution < 1.29 is 17.2 Å². The van der Waals surface area contributed by atoms with E-state index in [0.717, 1.165) is 5.56 Å². The lowest BCUT2D eigenvalue weighted by molar-refractivity contribution is 0.259. The highest BCUT2D eigenvalue weighted by Crippen LogP contribution is 2.16. The third-order valence-electron chi connectivity index (χ3n) is 1.67. The molecule has 0 saturated carbocycles. The molecule has 0 bridgehead atoms. The molecule has 78 valence electrons. The van der Waals surface area contributed by atoms with Crippen molar-refractivity contribution in [2.45, 2.75) is 13.5 Å². The van der Waals surface area contributed by atoms with E-state index < -0.39 is 10.4 Å². The van der Waals surface area contributed by atoms with E-state index in [1.807, 2.05) is 0 Å². The molecule has 1 aromatic carbocycles. The zero-order valence-corrected chi connectivity index (χ0v) is 8.97. The Morgan fingerprint density at radius 1 is 1.50 bits per heavy atom. The summed E-state index contributed by atoms with van der Waals surface area (Å²) < 4.78 is 33.1. The normalized spacial score (nSPS) is 11.6. The van der Waals surface area contributed by atoms with Gasteiger partial charge < -0.3 is 0 Å². The molecule has 14 heavy (non-hydrogen) atoms. The molecule has 1 rings (SSSR count). The average molecular weight is 237 g/mol. The lowest BCUT2D eigenvalue weighted by Gasteiger charge is -2.04. The van der Waals surface area contributed by atoms with Crippen LogP contribution in [-0.4, -0.2) is 13.0 Å². The second-order valence-corrected chi connectivity index (χ2v) is 4.29. The fourth-order valence-corrected chi connectivity index (χ4v) is 1.46. The van der Waals surface area contributed by atoms with Crippen LogP contribution in [0.2, 0.25) is 5.02 Å². The first-order valence-corrected chi connectivity index (χ1v) is 5.49. The minimum atomic E-state index is -4.38. The van der Waals surface area contributed by atoms with Crippen LogP contribution in [0.1, 0.15) is 11.1 Å². The summed E-state index contributed by atoms with van der Waals surface area (Å²) in [5.41, 5.74) is 1.47. The van der Waals surface area contributed by atoms with Gasteiger partial charge in [0, 0.05) is 5.02 Å². The number of rotatable bonds is 3. The Hall–Kier alpha value is -0.620. The quantitative estimate of drug-likeness (QED) is 0.815. The van der Waals surface area contributed by atoms with Gasteiger partial charge in [-0.3, -0.25) is 4.55 Å². The second kappa shape index (κ2) is 4.27. The summed E-state index contributed by atoms with van der Waals surface area (Å²) in [7, 11) is -4.38. The molecule has 6 heteroatoms. The maximum absolute atomic E-state index is 10.3. The van der Waals surface area contributed by atoms with Crippen molar-refractivity contribution >= 4 is 22.0 Å². The van der Waals surface area contributed by atoms with E-state index in [9.17, 15) is 8.42 Å². The van der Waals surface area contributed by atoms with Crippen LogP contribution < -0.4 is 0 Å². The van der Waals surface area contributed by atoms with E-state index in [1.165, 1.54) is 0 Å². The van der Waals surface area contributed by atoms with Gasteiger partial charge in [-0.05, 0) is 30.2 Å². The molecule has 0 fully saturated rings. The van der Waals surface area contributed by atoms with Gasteiger partial charge in [-0.2, -0.15) is 8.42 Å². The number of hydrogen-bond acceptors (Lipinski definition) is 3. The van der Waals surface area contributed by atoms with Gasteiger partial charge in [0.15, 0.2) is 0 Å². The van der Waals surface area contributed by atoms with Crippen molar-refractivity contribution in [3.05, 3.63) is 34.3 Å². The summed E-state index contributed by atoms with van der Waals surface area (Å²) in [5.74, 6) is 0. The molecule has 0 saturated heterocycles. The fraction of sp³-hybridized carbons (Fsp3) is 0.250. The molecule has 0 unspecified atom stereocenters. The zero-order valence-electron chi connectivity index (χ0n) is 7.40. The summed E-state index contributed by atoms with van der Waals surface area (Å²) in [6.07, 6.45) is 0. The van der Waals surface area contributed by atoms with Gasteiger partial charge in [-0.25, -0.2) is 4.18 Å². The minimum absolute atomic E-state index is 0.193. The first-order chi connectivity index (χ1) is 6.38. The summed E-state index contributed by atoms with van der Waals surface area (Å²) >= 11 is 5.70. The molecule has 0 aliphatic rings. The van der Waals surface area contributed by atoms with Gasteiger partial charge in [-0.1, -0.05) is 17.7 Å². The second-order valence-electron chi connectivity index (χ2n) is 2.76. The van der Waals surface area contributed by atoms with Gasteiger partial charge in [0.2, 0.25) is 0 Å². The first kappa shape index (κ1) is 11.5. The van der Waals surface area contributed by atoms with Crippen molar-refractivity contribution in [3.63, 3.8) is 0 Å². The number of hydrogen-bond donors (Lipinski definition) is 1. The standard InChI is InChI=1S/C8H9ClO4S/c1-6-4-8(9)3-2-7(6)5-13-14(10,11)12/h2-4H,5H2,1H3,(H,10,11,12). The Morgan fingerprint density at radius 2 is 2.14 bits per heavy atom. The highest BCUT2D eigenvalue weighted by Gasteiger charge is 2.06. The van der Waals surface area contributed by atoms with Crippen molar-refractivity contribution in [1.29, 1.82) is 0 Å². The Morgan fingerprint density at radius 3 is 2.64 bits per heavy atom. The predicted molar refractivity (Wildman–Crippen MR) is 52.5 cm³/mol. The largest absolute Gasteiger partial charge is 0.397 e. The van der Waals surface area contributed by atoms with Gasteiger partial charge in [-0.15, -0.1) is 0 Å². The van der Waals surface area contributed by atoms with Crippen LogP contribution in [0.5, 0.6) is 0 Å². The van der Waals surface area contributed by atoms with Gasteiger partial charge in [0.25, 0.3) is 0 Å². The molecule has 0 atom stereocenters. The van der Waals surface area contributed by atoms with E-state index in [4.69, 9.17) is 16.2 Å². The predicted octanol–water partition coefficient (Wildman–Crippen LogP) is 1.97. The molecule has 1 aromatic rings. The molecule has 4 nitrogen and oxygen atoms in total. The van der Waals surface area contributed by atoms with Crippen LogP contribution in [-0.2, 0) is 21.2 Å². The first-order valence-electron chi connectivity index (χ1n) is 3.75. The van der Waals surface area contributed by atoms with Crippen molar-refractivity contribution in [2.24, 2.45) is 0 Å². The minimum Gasteiger partial charge on any atom is -0.264 e. The van der Waals surface area contributed by atoms with E-state index in [-0.39, 0.29) is 6.61 Å². The van der Waals surface area contributed by atoms with Crippen molar-refractivity contribution in [3.8, 4) is 0 Å². The van der Waals surface area contributed by atoms with Crippen LogP contribution in [0, 0.1) is 6.92 Å². The Balaban J connectivity index is 2.78. The molecule has 0 heterocycles. The highest BCUT2D eigenvalue weighted by atomic mass is 35.5. The van der Waals surface area contributed by atoms with Crippen LogP contribution in [0.3, 0.4) is 0 Å². The van der Waals surface area contributed by atoms with Crippen LogP contribution in [0.25, 0.3) is 0 Å². The molecule has 0 radical (unpaired) electrons. The molecular weight excluding hydrogens is 228 g/mol. The summed E-state index contributed by atoms with van der Waals surface area (Å²) in [6.45, 7) is 1.58. The Bertz CT molecular complexity index is 427. The number of halogens is 1. The zero-order chi connectivity index (χ0) is 10.8. The lowest BCUT2D eigenvalue weighted by atomic mass is 10.1. The highest BCUT2D eigenvalue weighted by molar-refractivity contribution is 7.80. The summed E-state index contributed by atoms with van der Waals surface area (Å²) in [5, 5.41) is 0.568. The molecule has 0 amide bonds. The van der Waals surface area contributed by atoms with Crippen LogP contribution in [0.4, 0.5) is 0 Å². The average Bonchev–Trinajstić information content (AvgIpc) is 2.00.